The van der Waals surface area contributed by atoms with Crippen molar-refractivity contribution in [2.75, 3.05) is 19.0 Å². The van der Waals surface area contributed by atoms with Gasteiger partial charge in [-0.25, -0.2) is 4.79 Å². The molecule has 1 fully saturated rings. The molecule has 1 aromatic carbocycles. The van der Waals surface area contributed by atoms with Gasteiger partial charge in [-0.3, -0.25) is 0 Å². The van der Waals surface area contributed by atoms with Crippen molar-refractivity contribution in [2.45, 2.75) is 39.2 Å². The number of nitrogens with one attached hydrogen (secondary N) is 2. The summed E-state index contributed by atoms with van der Waals surface area (Å²) in [5.74, 6) is 0.632. The Labute approximate surface area is 125 Å². The first kappa shape index (κ1) is 15.6. The molecule has 1 saturated carbocycles. The number of hydrogen-bond acceptors (Lipinski definition) is 3. The van der Waals surface area contributed by atoms with Gasteiger partial charge in [0, 0.05) is 11.5 Å². The average molecular weight is 292 g/mol. The zero-order chi connectivity index (χ0) is 15.5. The molecule has 1 aromatic rings. The van der Waals surface area contributed by atoms with Crippen LogP contribution in [-0.4, -0.2) is 30.9 Å². The maximum absolute atomic E-state index is 12.2. The first-order valence-electron chi connectivity index (χ1n) is 7.31. The minimum Gasteiger partial charge on any atom is -0.495 e. The minimum atomic E-state index is -0.259. The van der Waals surface area contributed by atoms with Crippen LogP contribution in [0.15, 0.2) is 18.2 Å². The van der Waals surface area contributed by atoms with Gasteiger partial charge < -0.3 is 20.5 Å². The summed E-state index contributed by atoms with van der Waals surface area (Å²) >= 11 is 0. The molecule has 2 rings (SSSR count). The van der Waals surface area contributed by atoms with Crippen molar-refractivity contribution < 1.29 is 14.6 Å². The monoisotopic (exact) mass is 292 g/mol. The van der Waals surface area contributed by atoms with Crippen LogP contribution in [0.1, 0.15) is 31.7 Å². The highest BCUT2D eigenvalue weighted by Gasteiger charge is 2.39. The highest BCUT2D eigenvalue weighted by atomic mass is 16.5. The van der Waals surface area contributed by atoms with E-state index in [1.54, 1.807) is 7.11 Å². The number of rotatable bonds is 4. The van der Waals surface area contributed by atoms with Crippen LogP contribution in [0.25, 0.3) is 0 Å². The highest BCUT2D eigenvalue weighted by molar-refractivity contribution is 5.91. The number of carbonyl (C=O) groups excluding carboxylic acids is 1. The molecule has 2 amide bonds. The fourth-order valence-corrected chi connectivity index (χ4v) is 2.90. The Bertz CT molecular complexity index is 518. The summed E-state index contributed by atoms with van der Waals surface area (Å²) in [5.41, 5.74) is 1.47. The lowest BCUT2D eigenvalue weighted by molar-refractivity contribution is 0.122. The van der Waals surface area contributed by atoms with Crippen molar-refractivity contribution in [1.82, 2.24) is 5.32 Å². The third-order valence-electron chi connectivity index (χ3n) is 4.35. The topological polar surface area (TPSA) is 70.6 Å². The lowest BCUT2D eigenvalue weighted by Crippen LogP contribution is -2.46. The zero-order valence-electron chi connectivity index (χ0n) is 12.9. The van der Waals surface area contributed by atoms with E-state index >= 15 is 0 Å². The molecule has 3 N–H and O–H groups in total. The third kappa shape index (κ3) is 3.47. The van der Waals surface area contributed by atoms with Crippen molar-refractivity contribution in [1.29, 1.82) is 0 Å². The molecule has 0 saturated heterocycles. The number of urea groups is 1. The summed E-state index contributed by atoms with van der Waals surface area (Å²) in [5, 5.41) is 15.3. The number of anilines is 1. The van der Waals surface area contributed by atoms with Gasteiger partial charge in [-0.2, -0.15) is 0 Å². The Balaban J connectivity index is 2.04. The lowest BCUT2D eigenvalue weighted by atomic mass is 9.86. The molecule has 2 unspecified atom stereocenters. The molecule has 5 heteroatoms. The molecule has 0 spiro atoms. The molecule has 116 valence electrons. The Morgan fingerprint density at radius 3 is 2.95 bits per heavy atom. The first-order valence-corrected chi connectivity index (χ1v) is 7.31. The van der Waals surface area contributed by atoms with E-state index in [2.05, 4.69) is 10.6 Å². The quantitative estimate of drug-likeness (QED) is 0.799. The number of carbonyl (C=O) groups is 1. The Kier molecular flexibility index (Phi) is 4.73. The van der Waals surface area contributed by atoms with E-state index < -0.39 is 0 Å². The van der Waals surface area contributed by atoms with Crippen molar-refractivity contribution >= 4 is 11.7 Å². The van der Waals surface area contributed by atoms with Gasteiger partial charge >= 0.3 is 6.03 Å². The van der Waals surface area contributed by atoms with Gasteiger partial charge in [0.15, 0.2) is 0 Å². The van der Waals surface area contributed by atoms with Crippen LogP contribution in [-0.2, 0) is 0 Å². The van der Waals surface area contributed by atoms with Crippen LogP contribution in [0.5, 0.6) is 5.75 Å². The van der Waals surface area contributed by atoms with Crippen LogP contribution in [0.2, 0.25) is 0 Å². The normalized spacial score (nSPS) is 24.7. The van der Waals surface area contributed by atoms with Gasteiger partial charge in [-0.05, 0) is 37.5 Å². The summed E-state index contributed by atoms with van der Waals surface area (Å²) in [6, 6.07) is 5.38. The molecule has 1 aliphatic carbocycles. The lowest BCUT2D eigenvalue weighted by Gasteiger charge is -2.30. The van der Waals surface area contributed by atoms with Crippen LogP contribution >= 0.6 is 0 Å². The number of hydrogen-bond donors (Lipinski definition) is 3. The molecule has 1 aliphatic rings. The van der Waals surface area contributed by atoms with Crippen LogP contribution < -0.4 is 15.4 Å². The molecule has 21 heavy (non-hydrogen) atoms. The first-order chi connectivity index (χ1) is 9.98. The second kappa shape index (κ2) is 6.35. The predicted molar refractivity (Wildman–Crippen MR) is 82.7 cm³/mol. The number of ether oxygens (including phenoxy) is 1. The van der Waals surface area contributed by atoms with Crippen LogP contribution in [0, 0.1) is 12.3 Å². The fraction of sp³-hybridized carbons (Fsp3) is 0.562. The SMILES string of the molecule is COc1ccc(C)cc1NC(=O)NC1CCCC1(C)CO. The number of aliphatic hydroxyl groups is 1. The van der Waals surface area contributed by atoms with Gasteiger partial charge in [-0.15, -0.1) is 0 Å². The van der Waals surface area contributed by atoms with Crippen molar-refractivity contribution in [2.24, 2.45) is 5.41 Å². The van der Waals surface area contributed by atoms with Crippen molar-refractivity contribution in [3.05, 3.63) is 23.8 Å². The van der Waals surface area contributed by atoms with E-state index in [0.29, 0.717) is 11.4 Å². The summed E-state index contributed by atoms with van der Waals surface area (Å²) in [7, 11) is 1.58. The van der Waals surface area contributed by atoms with Crippen molar-refractivity contribution in [3.63, 3.8) is 0 Å². The van der Waals surface area contributed by atoms with E-state index in [9.17, 15) is 9.90 Å². The molecule has 0 aromatic heterocycles. The minimum absolute atomic E-state index is 0.00157. The van der Waals surface area contributed by atoms with Gasteiger partial charge in [0.05, 0.1) is 19.4 Å². The maximum Gasteiger partial charge on any atom is 0.319 e. The summed E-state index contributed by atoms with van der Waals surface area (Å²) in [6.45, 7) is 4.06. The third-order valence-corrected chi connectivity index (χ3v) is 4.35. The maximum atomic E-state index is 12.2. The largest absolute Gasteiger partial charge is 0.495 e. The summed E-state index contributed by atoms with van der Waals surface area (Å²) in [4.78, 5) is 12.2. The Hall–Kier alpha value is -1.75. The molecule has 0 heterocycles. The summed E-state index contributed by atoms with van der Waals surface area (Å²) in [6.07, 6.45) is 2.85. The number of aryl methyl sites for hydroxylation is 1. The molecular weight excluding hydrogens is 268 g/mol. The van der Waals surface area contributed by atoms with Gasteiger partial charge in [0.2, 0.25) is 0 Å². The Morgan fingerprint density at radius 2 is 2.29 bits per heavy atom. The van der Waals surface area contributed by atoms with E-state index in [0.717, 1.165) is 24.8 Å². The van der Waals surface area contributed by atoms with Gasteiger partial charge in [0.1, 0.15) is 5.75 Å². The number of methoxy groups -OCH3 is 1. The van der Waals surface area contributed by atoms with E-state index in [-0.39, 0.29) is 24.1 Å². The van der Waals surface area contributed by atoms with Crippen LogP contribution in [0.3, 0.4) is 0 Å². The standard InChI is InChI=1S/C16H24N2O3/c1-11-6-7-13(21-3)12(9-11)17-15(20)18-14-5-4-8-16(14,2)10-19/h6-7,9,14,19H,4-5,8,10H2,1-3H3,(H2,17,18,20). The molecule has 0 bridgehead atoms. The fourth-order valence-electron chi connectivity index (χ4n) is 2.90. The van der Waals surface area contributed by atoms with Gasteiger partial charge in [0.25, 0.3) is 0 Å². The molecular formula is C16H24N2O3. The molecule has 5 nitrogen and oxygen atoms in total. The van der Waals surface area contributed by atoms with Gasteiger partial charge in [-0.1, -0.05) is 19.4 Å². The average Bonchev–Trinajstić information content (AvgIpc) is 2.81. The second-order valence-corrected chi connectivity index (χ2v) is 6.06. The number of amides is 2. The molecule has 0 radical (unpaired) electrons. The smallest absolute Gasteiger partial charge is 0.319 e. The Morgan fingerprint density at radius 1 is 1.52 bits per heavy atom. The number of benzene rings is 1. The van der Waals surface area contributed by atoms with E-state index in [1.807, 2.05) is 32.0 Å². The summed E-state index contributed by atoms with van der Waals surface area (Å²) < 4.78 is 5.25. The predicted octanol–water partition coefficient (Wildman–Crippen LogP) is 2.68. The molecule has 0 aliphatic heterocycles. The highest BCUT2D eigenvalue weighted by Crippen LogP contribution is 2.37. The van der Waals surface area contributed by atoms with Crippen molar-refractivity contribution in [3.8, 4) is 5.75 Å². The number of aliphatic hydroxyl groups excluding tert-OH is 1. The van der Waals surface area contributed by atoms with E-state index in [1.165, 1.54) is 0 Å². The van der Waals surface area contributed by atoms with Crippen LogP contribution in [0.4, 0.5) is 10.5 Å². The molecule has 2 atom stereocenters. The van der Waals surface area contributed by atoms with E-state index in [4.69, 9.17) is 4.74 Å². The second-order valence-electron chi connectivity index (χ2n) is 6.06. The zero-order valence-corrected chi connectivity index (χ0v) is 12.9.